The van der Waals surface area contributed by atoms with Crippen LogP contribution in [0.5, 0.6) is 0 Å². The summed E-state index contributed by atoms with van der Waals surface area (Å²) in [7, 11) is 0. The molecule has 1 aliphatic rings. The lowest BCUT2D eigenvalue weighted by molar-refractivity contribution is 0.0754. The maximum Gasteiger partial charge on any atom is 0.284 e. The SMILES string of the molecule is CCCN(CCC)C(=O)c1nn2c(C3CC3)nnc2s1. The summed E-state index contributed by atoms with van der Waals surface area (Å²) in [5.74, 6) is 1.41. The van der Waals surface area contributed by atoms with Crippen molar-refractivity contribution in [2.45, 2.75) is 45.4 Å². The van der Waals surface area contributed by atoms with Crippen LogP contribution in [0.1, 0.15) is 61.1 Å². The Labute approximate surface area is 121 Å². The first kappa shape index (κ1) is 13.5. The van der Waals surface area contributed by atoms with Gasteiger partial charge in [0, 0.05) is 19.0 Å². The molecule has 0 atom stereocenters. The van der Waals surface area contributed by atoms with Gasteiger partial charge in [-0.1, -0.05) is 25.2 Å². The van der Waals surface area contributed by atoms with E-state index in [0.29, 0.717) is 10.9 Å². The van der Waals surface area contributed by atoms with Crippen LogP contribution in [0.15, 0.2) is 0 Å². The molecule has 20 heavy (non-hydrogen) atoms. The van der Waals surface area contributed by atoms with E-state index in [-0.39, 0.29) is 5.91 Å². The van der Waals surface area contributed by atoms with Gasteiger partial charge < -0.3 is 4.90 Å². The molecule has 0 saturated heterocycles. The number of amides is 1. The van der Waals surface area contributed by atoms with Crippen LogP contribution in [-0.2, 0) is 0 Å². The third kappa shape index (κ3) is 2.42. The molecule has 3 rings (SSSR count). The van der Waals surface area contributed by atoms with E-state index < -0.39 is 0 Å². The molecule has 0 bridgehead atoms. The number of carbonyl (C=O) groups excluding carboxylic acids is 1. The quantitative estimate of drug-likeness (QED) is 0.820. The lowest BCUT2D eigenvalue weighted by Gasteiger charge is -2.19. The molecule has 6 nitrogen and oxygen atoms in total. The molecule has 2 aromatic heterocycles. The first-order valence-electron chi connectivity index (χ1n) is 7.26. The van der Waals surface area contributed by atoms with E-state index in [1.165, 1.54) is 11.3 Å². The van der Waals surface area contributed by atoms with Crippen LogP contribution in [0.2, 0.25) is 0 Å². The third-order valence-corrected chi connectivity index (χ3v) is 4.30. The summed E-state index contributed by atoms with van der Waals surface area (Å²) in [6.07, 6.45) is 4.23. The van der Waals surface area contributed by atoms with Crippen molar-refractivity contribution in [1.82, 2.24) is 24.7 Å². The van der Waals surface area contributed by atoms with Crippen molar-refractivity contribution in [3.63, 3.8) is 0 Å². The van der Waals surface area contributed by atoms with Gasteiger partial charge in [-0.25, -0.2) is 0 Å². The average Bonchev–Trinajstić information content (AvgIpc) is 3.06. The molecular weight excluding hydrogens is 274 g/mol. The van der Waals surface area contributed by atoms with Crippen LogP contribution in [-0.4, -0.2) is 43.7 Å². The van der Waals surface area contributed by atoms with Gasteiger partial charge in [-0.15, -0.1) is 15.3 Å². The Bertz CT molecular complexity index is 609. The Balaban J connectivity index is 1.86. The van der Waals surface area contributed by atoms with Crippen LogP contribution in [0, 0.1) is 0 Å². The van der Waals surface area contributed by atoms with Crippen molar-refractivity contribution >= 4 is 22.2 Å². The highest BCUT2D eigenvalue weighted by molar-refractivity contribution is 7.18. The predicted molar refractivity (Wildman–Crippen MR) is 77.1 cm³/mol. The van der Waals surface area contributed by atoms with Crippen LogP contribution >= 0.6 is 11.3 Å². The fourth-order valence-electron chi connectivity index (χ4n) is 2.30. The monoisotopic (exact) mass is 293 g/mol. The highest BCUT2D eigenvalue weighted by Crippen LogP contribution is 2.39. The molecule has 108 valence electrons. The van der Waals surface area contributed by atoms with E-state index in [1.807, 2.05) is 4.90 Å². The standard InChI is InChI=1S/C13H19N5OS/c1-3-7-17(8-4-2)12(19)11-16-18-10(9-5-6-9)14-15-13(18)20-11/h9H,3-8H2,1-2H3. The number of carbonyl (C=O) groups is 1. The molecule has 0 N–H and O–H groups in total. The van der Waals surface area contributed by atoms with Gasteiger partial charge in [0.1, 0.15) is 0 Å². The van der Waals surface area contributed by atoms with Gasteiger partial charge in [-0.3, -0.25) is 4.79 Å². The third-order valence-electron chi connectivity index (χ3n) is 3.41. The smallest absolute Gasteiger partial charge is 0.284 e. The molecule has 1 aliphatic carbocycles. The fourth-order valence-corrected chi connectivity index (χ4v) is 3.12. The maximum absolute atomic E-state index is 12.5. The van der Waals surface area contributed by atoms with E-state index in [0.717, 1.165) is 49.6 Å². The lowest BCUT2D eigenvalue weighted by atomic mass is 10.3. The number of aromatic nitrogens is 4. The molecule has 7 heteroatoms. The van der Waals surface area contributed by atoms with Gasteiger partial charge in [-0.05, 0) is 25.7 Å². The van der Waals surface area contributed by atoms with E-state index in [2.05, 4.69) is 29.1 Å². The summed E-state index contributed by atoms with van der Waals surface area (Å²) < 4.78 is 1.76. The second-order valence-electron chi connectivity index (χ2n) is 5.23. The molecular formula is C13H19N5OS. The Morgan fingerprint density at radius 1 is 1.30 bits per heavy atom. The van der Waals surface area contributed by atoms with Crippen molar-refractivity contribution < 1.29 is 4.79 Å². The van der Waals surface area contributed by atoms with Crippen molar-refractivity contribution in [1.29, 1.82) is 0 Å². The molecule has 0 spiro atoms. The minimum Gasteiger partial charge on any atom is -0.337 e. The van der Waals surface area contributed by atoms with Gasteiger partial charge in [0.25, 0.3) is 5.91 Å². The highest BCUT2D eigenvalue weighted by Gasteiger charge is 2.31. The zero-order valence-corrected chi connectivity index (χ0v) is 12.7. The Morgan fingerprint density at radius 2 is 2.00 bits per heavy atom. The van der Waals surface area contributed by atoms with Crippen LogP contribution < -0.4 is 0 Å². The number of hydrogen-bond acceptors (Lipinski definition) is 5. The summed E-state index contributed by atoms with van der Waals surface area (Å²) in [4.78, 5) is 15.1. The van der Waals surface area contributed by atoms with Gasteiger partial charge in [0.15, 0.2) is 5.82 Å². The van der Waals surface area contributed by atoms with Crippen LogP contribution in [0.25, 0.3) is 4.96 Å². The van der Waals surface area contributed by atoms with Crippen LogP contribution in [0.3, 0.4) is 0 Å². The summed E-state index contributed by atoms with van der Waals surface area (Å²) in [6, 6.07) is 0. The number of hydrogen-bond donors (Lipinski definition) is 0. The van der Waals surface area contributed by atoms with Crippen molar-refractivity contribution in [2.75, 3.05) is 13.1 Å². The fraction of sp³-hybridized carbons (Fsp3) is 0.692. The second kappa shape index (κ2) is 5.47. The summed E-state index contributed by atoms with van der Waals surface area (Å²) in [5, 5.41) is 13.3. The minimum absolute atomic E-state index is 0.0194. The molecule has 2 heterocycles. The first-order valence-corrected chi connectivity index (χ1v) is 8.07. The van der Waals surface area contributed by atoms with E-state index in [4.69, 9.17) is 0 Å². The normalized spacial score (nSPS) is 14.9. The summed E-state index contributed by atoms with van der Waals surface area (Å²) in [6.45, 7) is 5.73. The van der Waals surface area contributed by atoms with Crippen molar-refractivity contribution in [3.8, 4) is 0 Å². The molecule has 0 radical (unpaired) electrons. The highest BCUT2D eigenvalue weighted by atomic mass is 32.1. The molecule has 1 fully saturated rings. The van der Waals surface area contributed by atoms with Gasteiger partial charge in [-0.2, -0.15) is 4.52 Å². The minimum atomic E-state index is 0.0194. The molecule has 0 unspecified atom stereocenters. The zero-order chi connectivity index (χ0) is 14.1. The van der Waals surface area contributed by atoms with Gasteiger partial charge in [0.05, 0.1) is 0 Å². The molecule has 1 amide bonds. The molecule has 0 aromatic carbocycles. The maximum atomic E-state index is 12.5. The van der Waals surface area contributed by atoms with Crippen LogP contribution in [0.4, 0.5) is 0 Å². The average molecular weight is 293 g/mol. The van der Waals surface area contributed by atoms with Crippen molar-refractivity contribution in [3.05, 3.63) is 10.8 Å². The van der Waals surface area contributed by atoms with Gasteiger partial charge in [0.2, 0.25) is 9.97 Å². The van der Waals surface area contributed by atoms with E-state index >= 15 is 0 Å². The topological polar surface area (TPSA) is 63.4 Å². The Hall–Kier alpha value is -1.50. The zero-order valence-electron chi connectivity index (χ0n) is 11.9. The Morgan fingerprint density at radius 3 is 2.60 bits per heavy atom. The van der Waals surface area contributed by atoms with E-state index in [1.54, 1.807) is 4.52 Å². The predicted octanol–water partition coefficient (Wildman–Crippen LogP) is 2.33. The summed E-state index contributed by atoms with van der Waals surface area (Å²) in [5.41, 5.74) is 0. The summed E-state index contributed by atoms with van der Waals surface area (Å²) >= 11 is 1.34. The lowest BCUT2D eigenvalue weighted by Crippen LogP contribution is -2.32. The first-order chi connectivity index (χ1) is 9.74. The molecule has 2 aromatic rings. The van der Waals surface area contributed by atoms with Gasteiger partial charge >= 0.3 is 0 Å². The number of fused-ring (bicyclic) bond motifs is 1. The second-order valence-corrected chi connectivity index (χ2v) is 6.18. The van der Waals surface area contributed by atoms with E-state index in [9.17, 15) is 4.79 Å². The molecule has 1 saturated carbocycles. The van der Waals surface area contributed by atoms with Crippen molar-refractivity contribution in [2.24, 2.45) is 0 Å². The number of nitrogens with zero attached hydrogens (tertiary/aromatic N) is 5. The molecule has 0 aliphatic heterocycles. The Kier molecular flexibility index (Phi) is 3.69. The number of rotatable bonds is 6. The largest absolute Gasteiger partial charge is 0.337 e.